The lowest BCUT2D eigenvalue weighted by Crippen LogP contribution is -1.86. The van der Waals surface area contributed by atoms with E-state index in [0.717, 1.165) is 26.9 Å². The van der Waals surface area contributed by atoms with Gasteiger partial charge in [0.15, 0.2) is 12.0 Å². The number of hydrogen-bond donors (Lipinski definition) is 0. The molecule has 0 fully saturated rings. The summed E-state index contributed by atoms with van der Waals surface area (Å²) in [6.07, 6.45) is 0.715. The molecule has 0 saturated carbocycles. The third-order valence-corrected chi connectivity index (χ3v) is 2.94. The number of aldehydes is 1. The quantitative estimate of drug-likeness (QED) is 0.773. The maximum atomic E-state index is 10.6. The molecule has 0 spiro atoms. The van der Waals surface area contributed by atoms with E-state index in [1.165, 1.54) is 0 Å². The predicted molar refractivity (Wildman–Crippen MR) is 66.7 cm³/mol. The Morgan fingerprint density at radius 1 is 1.19 bits per heavy atom. The monoisotopic (exact) mass is 278 g/mol. The van der Waals surface area contributed by atoms with Crippen molar-refractivity contribution >= 4 is 22.2 Å². The molecule has 1 aromatic heterocycles. The van der Waals surface area contributed by atoms with E-state index in [-0.39, 0.29) is 0 Å². The van der Waals surface area contributed by atoms with E-state index >= 15 is 0 Å². The van der Waals surface area contributed by atoms with E-state index in [0.29, 0.717) is 12.0 Å². The van der Waals surface area contributed by atoms with Gasteiger partial charge in [-0.05, 0) is 49.2 Å². The van der Waals surface area contributed by atoms with Crippen molar-refractivity contribution in [3.63, 3.8) is 0 Å². The summed E-state index contributed by atoms with van der Waals surface area (Å²) in [4.78, 5) is 10.6. The summed E-state index contributed by atoms with van der Waals surface area (Å²) in [5, 5.41) is 0. The number of carbonyl (C=O) groups excluding carboxylic acids is 1. The predicted octanol–water partition coefficient (Wildman–Crippen LogP) is 4.14. The zero-order valence-electron chi connectivity index (χ0n) is 9.08. The van der Waals surface area contributed by atoms with Gasteiger partial charge in [0.2, 0.25) is 0 Å². The first-order chi connectivity index (χ1) is 7.61. The van der Waals surface area contributed by atoms with Gasteiger partial charge in [-0.25, -0.2) is 0 Å². The van der Waals surface area contributed by atoms with Gasteiger partial charge in [0, 0.05) is 10.0 Å². The maximum absolute atomic E-state index is 10.6. The second kappa shape index (κ2) is 4.26. The molecule has 0 unspecified atom stereocenters. The van der Waals surface area contributed by atoms with E-state index in [2.05, 4.69) is 15.9 Å². The van der Waals surface area contributed by atoms with Gasteiger partial charge >= 0.3 is 0 Å². The summed E-state index contributed by atoms with van der Waals surface area (Å²) in [5.41, 5.74) is 3.30. The molecule has 0 radical (unpaired) electrons. The van der Waals surface area contributed by atoms with Crippen LogP contribution in [0.15, 0.2) is 33.2 Å². The first kappa shape index (κ1) is 11.1. The molecule has 2 aromatic rings. The molecule has 0 aliphatic heterocycles. The molecule has 1 heterocycles. The molecule has 82 valence electrons. The topological polar surface area (TPSA) is 30.2 Å². The van der Waals surface area contributed by atoms with E-state index < -0.39 is 0 Å². The molecule has 2 rings (SSSR count). The van der Waals surface area contributed by atoms with Crippen molar-refractivity contribution in [2.24, 2.45) is 0 Å². The van der Waals surface area contributed by atoms with Gasteiger partial charge in [0.25, 0.3) is 0 Å². The van der Waals surface area contributed by atoms with E-state index in [4.69, 9.17) is 4.42 Å². The van der Waals surface area contributed by atoms with Gasteiger partial charge in [-0.2, -0.15) is 0 Å². The molecule has 16 heavy (non-hydrogen) atoms. The molecule has 0 N–H and O–H groups in total. The molecule has 0 bridgehead atoms. The molecular weight excluding hydrogens is 268 g/mol. The fraction of sp³-hybridized carbons (Fsp3) is 0.154. The van der Waals surface area contributed by atoms with Crippen molar-refractivity contribution in [1.29, 1.82) is 0 Å². The van der Waals surface area contributed by atoms with Crippen molar-refractivity contribution in [1.82, 2.24) is 0 Å². The van der Waals surface area contributed by atoms with Gasteiger partial charge in [0.05, 0.1) is 0 Å². The average molecular weight is 279 g/mol. The van der Waals surface area contributed by atoms with Gasteiger partial charge < -0.3 is 4.42 Å². The maximum Gasteiger partial charge on any atom is 0.185 e. The fourth-order valence-electron chi connectivity index (χ4n) is 1.85. The number of benzene rings is 1. The van der Waals surface area contributed by atoms with Crippen LogP contribution in [-0.2, 0) is 0 Å². The Kier molecular flexibility index (Phi) is 2.97. The second-order valence-electron chi connectivity index (χ2n) is 3.73. The Morgan fingerprint density at radius 2 is 1.81 bits per heavy atom. The van der Waals surface area contributed by atoms with Crippen molar-refractivity contribution in [3.8, 4) is 11.3 Å². The Balaban J connectivity index is 2.59. The van der Waals surface area contributed by atoms with Crippen LogP contribution >= 0.6 is 15.9 Å². The smallest absolute Gasteiger partial charge is 0.185 e. The van der Waals surface area contributed by atoms with Crippen LogP contribution in [0.3, 0.4) is 0 Å². The minimum Gasteiger partial charge on any atom is -0.453 e. The molecule has 0 aliphatic carbocycles. The van der Waals surface area contributed by atoms with E-state index in [1.807, 2.05) is 32.0 Å². The number of furan rings is 1. The Bertz CT molecular complexity index is 518. The average Bonchev–Trinajstić information content (AvgIpc) is 2.64. The zero-order valence-corrected chi connectivity index (χ0v) is 10.7. The first-order valence-electron chi connectivity index (χ1n) is 4.94. The van der Waals surface area contributed by atoms with Gasteiger partial charge in [0.1, 0.15) is 5.76 Å². The van der Waals surface area contributed by atoms with Crippen molar-refractivity contribution < 1.29 is 9.21 Å². The largest absolute Gasteiger partial charge is 0.453 e. The third kappa shape index (κ3) is 1.95. The van der Waals surface area contributed by atoms with Crippen LogP contribution in [0.4, 0.5) is 0 Å². The van der Waals surface area contributed by atoms with Crippen LogP contribution in [0.1, 0.15) is 21.7 Å². The Labute approximate surface area is 102 Å². The molecule has 0 saturated heterocycles. The summed E-state index contributed by atoms with van der Waals surface area (Å²) in [7, 11) is 0. The van der Waals surface area contributed by atoms with Crippen LogP contribution in [0, 0.1) is 13.8 Å². The summed E-state index contributed by atoms with van der Waals surface area (Å²) in [6, 6.07) is 7.58. The van der Waals surface area contributed by atoms with E-state index in [1.54, 1.807) is 6.07 Å². The van der Waals surface area contributed by atoms with Crippen LogP contribution in [0.5, 0.6) is 0 Å². The van der Waals surface area contributed by atoms with Gasteiger partial charge in [-0.3, -0.25) is 4.79 Å². The number of carbonyl (C=O) groups is 1. The fourth-order valence-corrected chi connectivity index (χ4v) is 2.54. The lowest BCUT2D eigenvalue weighted by molar-refractivity contribution is 0.110. The van der Waals surface area contributed by atoms with Crippen molar-refractivity contribution in [2.75, 3.05) is 0 Å². The van der Waals surface area contributed by atoms with E-state index in [9.17, 15) is 4.79 Å². The lowest BCUT2D eigenvalue weighted by atomic mass is 10.0. The second-order valence-corrected chi connectivity index (χ2v) is 4.65. The Hall–Kier alpha value is -1.35. The molecule has 3 heteroatoms. The van der Waals surface area contributed by atoms with Crippen LogP contribution in [0.25, 0.3) is 11.3 Å². The van der Waals surface area contributed by atoms with Crippen LogP contribution in [-0.4, -0.2) is 6.29 Å². The molecular formula is C13H11BrO2. The number of rotatable bonds is 2. The highest BCUT2D eigenvalue weighted by atomic mass is 79.9. The highest BCUT2D eigenvalue weighted by Crippen LogP contribution is 2.31. The summed E-state index contributed by atoms with van der Waals surface area (Å²) < 4.78 is 6.49. The minimum atomic E-state index is 0.358. The molecule has 2 nitrogen and oxygen atoms in total. The SMILES string of the molecule is Cc1cc(Br)cc(C)c1-c1ccc(C=O)o1. The minimum absolute atomic E-state index is 0.358. The summed E-state index contributed by atoms with van der Waals surface area (Å²) >= 11 is 3.45. The molecule has 1 aromatic carbocycles. The van der Waals surface area contributed by atoms with Crippen LogP contribution in [0.2, 0.25) is 0 Å². The zero-order chi connectivity index (χ0) is 11.7. The standard InChI is InChI=1S/C13H11BrO2/c1-8-5-10(14)6-9(2)13(8)12-4-3-11(7-15)16-12/h3-7H,1-2H3. The molecule has 0 amide bonds. The van der Waals surface area contributed by atoms with Crippen LogP contribution < -0.4 is 0 Å². The van der Waals surface area contributed by atoms with Gasteiger partial charge in [-0.1, -0.05) is 15.9 Å². The summed E-state index contributed by atoms with van der Waals surface area (Å²) in [5.74, 6) is 1.10. The third-order valence-electron chi connectivity index (χ3n) is 2.49. The molecule has 0 aliphatic rings. The lowest BCUT2D eigenvalue weighted by Gasteiger charge is -2.07. The molecule has 0 atom stereocenters. The number of hydrogen-bond acceptors (Lipinski definition) is 2. The normalized spacial score (nSPS) is 10.4. The van der Waals surface area contributed by atoms with Crippen molar-refractivity contribution in [3.05, 3.63) is 45.6 Å². The highest BCUT2D eigenvalue weighted by molar-refractivity contribution is 9.10. The Morgan fingerprint density at radius 3 is 2.31 bits per heavy atom. The summed E-state index contributed by atoms with van der Waals surface area (Å²) in [6.45, 7) is 4.05. The number of aryl methyl sites for hydroxylation is 2. The number of halogens is 1. The first-order valence-corrected chi connectivity index (χ1v) is 5.73. The highest BCUT2D eigenvalue weighted by Gasteiger charge is 2.10. The van der Waals surface area contributed by atoms with Gasteiger partial charge in [-0.15, -0.1) is 0 Å². The van der Waals surface area contributed by atoms with Crippen molar-refractivity contribution in [2.45, 2.75) is 13.8 Å².